The van der Waals surface area contributed by atoms with E-state index in [1.54, 1.807) is 17.9 Å². The molecular formula is C25H27N3O3. The first-order chi connectivity index (χ1) is 14.8. The van der Waals surface area contributed by atoms with Gasteiger partial charge in [-0.3, -0.25) is 14.6 Å². The normalized spacial score (nSPS) is 15.8. The van der Waals surface area contributed by atoms with Crippen LogP contribution in [-0.2, 0) is 16.8 Å². The Hall–Kier alpha value is -3.25. The van der Waals surface area contributed by atoms with Gasteiger partial charge in [0.25, 0.3) is 0 Å². The number of rotatable bonds is 4. The third-order valence-electron chi connectivity index (χ3n) is 6.36. The maximum atomic E-state index is 11.7. The highest BCUT2D eigenvalue weighted by Gasteiger charge is 2.34. The molecule has 0 spiro atoms. The minimum Gasteiger partial charge on any atom is -0.385 e. The first-order valence-electron chi connectivity index (χ1n) is 10.6. The fourth-order valence-corrected chi connectivity index (χ4v) is 4.41. The number of likely N-dealkylation sites (tertiary alicyclic amines) is 1. The molecule has 0 radical (unpaired) electrons. The van der Waals surface area contributed by atoms with Gasteiger partial charge < -0.3 is 15.7 Å². The highest BCUT2D eigenvalue weighted by molar-refractivity contribution is 6.03. The van der Waals surface area contributed by atoms with E-state index in [2.05, 4.69) is 11.9 Å². The van der Waals surface area contributed by atoms with Crippen LogP contribution in [0, 0.1) is 0 Å². The molecule has 31 heavy (non-hydrogen) atoms. The second-order valence-electron chi connectivity index (χ2n) is 8.21. The van der Waals surface area contributed by atoms with Crippen molar-refractivity contribution in [3.63, 3.8) is 0 Å². The van der Waals surface area contributed by atoms with Crippen LogP contribution in [0.15, 0.2) is 48.7 Å². The predicted molar refractivity (Wildman–Crippen MR) is 120 cm³/mol. The molecule has 0 unspecified atom stereocenters. The highest BCUT2D eigenvalue weighted by Crippen LogP contribution is 2.36. The zero-order valence-corrected chi connectivity index (χ0v) is 17.9. The number of aryl methyl sites for hydroxylation is 1. The molecule has 0 saturated carbocycles. The number of nitrogens with two attached hydrogens (primary N) is 1. The molecule has 160 valence electrons. The fraction of sp³-hybridized carbons (Fsp3) is 0.320. The van der Waals surface area contributed by atoms with Crippen LogP contribution in [0.25, 0.3) is 21.9 Å². The average Bonchev–Trinajstić information content (AvgIpc) is 2.78. The number of aliphatic hydroxyl groups is 1. The van der Waals surface area contributed by atoms with Crippen LogP contribution >= 0.6 is 0 Å². The van der Waals surface area contributed by atoms with Crippen molar-refractivity contribution in [2.24, 2.45) is 5.73 Å². The summed E-state index contributed by atoms with van der Waals surface area (Å²) in [7, 11) is 0. The van der Waals surface area contributed by atoms with Gasteiger partial charge in [0, 0.05) is 48.4 Å². The van der Waals surface area contributed by atoms with Gasteiger partial charge in [-0.25, -0.2) is 0 Å². The molecule has 1 aliphatic heterocycles. The van der Waals surface area contributed by atoms with Crippen molar-refractivity contribution in [3.8, 4) is 11.1 Å². The lowest BCUT2D eigenvalue weighted by molar-refractivity contribution is -0.133. The van der Waals surface area contributed by atoms with Gasteiger partial charge in [-0.1, -0.05) is 37.3 Å². The molecule has 2 amide bonds. The number of hydrogen-bond acceptors (Lipinski definition) is 4. The molecule has 4 rings (SSSR count). The van der Waals surface area contributed by atoms with E-state index in [0.29, 0.717) is 31.5 Å². The first kappa shape index (κ1) is 21.0. The van der Waals surface area contributed by atoms with E-state index in [-0.39, 0.29) is 5.91 Å². The molecule has 1 aliphatic rings. The topological polar surface area (TPSA) is 96.5 Å². The van der Waals surface area contributed by atoms with Crippen molar-refractivity contribution < 1.29 is 14.7 Å². The number of nitrogens with zero attached hydrogens (tertiary/aromatic N) is 2. The number of aromatic nitrogens is 1. The molecule has 1 fully saturated rings. The third-order valence-corrected chi connectivity index (χ3v) is 6.36. The summed E-state index contributed by atoms with van der Waals surface area (Å²) in [6.07, 6.45) is 3.66. The molecule has 6 heteroatoms. The first-order valence-corrected chi connectivity index (χ1v) is 10.6. The fourth-order valence-electron chi connectivity index (χ4n) is 4.41. The lowest BCUT2D eigenvalue weighted by Gasteiger charge is -2.38. The zero-order chi connectivity index (χ0) is 22.2. The smallest absolute Gasteiger partial charge is 0.248 e. The van der Waals surface area contributed by atoms with Gasteiger partial charge >= 0.3 is 0 Å². The lowest BCUT2D eigenvalue weighted by atomic mass is 9.83. The van der Waals surface area contributed by atoms with E-state index in [1.807, 2.05) is 42.6 Å². The molecule has 1 aromatic heterocycles. The quantitative estimate of drug-likeness (QED) is 0.680. The Bertz CT molecular complexity index is 1150. The Balaban J connectivity index is 1.70. The summed E-state index contributed by atoms with van der Waals surface area (Å²) in [6.45, 7) is 4.72. The summed E-state index contributed by atoms with van der Waals surface area (Å²) in [5.41, 5.74) is 8.72. The third kappa shape index (κ3) is 3.91. The van der Waals surface area contributed by atoms with Crippen molar-refractivity contribution >= 4 is 22.6 Å². The standard InChI is InChI=1S/C25H27N3O3/c1-3-23-20-9-6-18(24(26)30)14-21(20)22(15-27-23)17-4-7-19(8-5-17)25(31)10-12-28(13-11-25)16(2)29/h4-9,14-15,31H,3,10-13H2,1-2H3,(H2,26,30). The van der Waals surface area contributed by atoms with E-state index >= 15 is 0 Å². The molecule has 3 aromatic rings. The largest absolute Gasteiger partial charge is 0.385 e. The monoisotopic (exact) mass is 417 g/mol. The molecule has 2 heterocycles. The van der Waals surface area contributed by atoms with Crippen molar-refractivity contribution in [1.29, 1.82) is 0 Å². The maximum Gasteiger partial charge on any atom is 0.248 e. The Labute approximate surface area is 181 Å². The summed E-state index contributed by atoms with van der Waals surface area (Å²) in [5.74, 6) is -0.417. The number of pyridine rings is 1. The van der Waals surface area contributed by atoms with E-state index in [9.17, 15) is 14.7 Å². The average molecular weight is 418 g/mol. The van der Waals surface area contributed by atoms with Crippen molar-refractivity contribution in [2.45, 2.75) is 38.7 Å². The number of amides is 2. The van der Waals surface area contributed by atoms with Crippen LogP contribution < -0.4 is 5.73 Å². The van der Waals surface area contributed by atoms with Crippen molar-refractivity contribution in [2.75, 3.05) is 13.1 Å². The molecular weight excluding hydrogens is 390 g/mol. The molecule has 2 aromatic carbocycles. The Morgan fingerprint density at radius 3 is 2.35 bits per heavy atom. The summed E-state index contributed by atoms with van der Waals surface area (Å²) in [6, 6.07) is 13.3. The summed E-state index contributed by atoms with van der Waals surface area (Å²) >= 11 is 0. The number of carbonyl (C=O) groups excluding carboxylic acids is 2. The van der Waals surface area contributed by atoms with Crippen LogP contribution in [0.3, 0.4) is 0 Å². The number of primary amides is 1. The van der Waals surface area contributed by atoms with Crippen LogP contribution in [0.5, 0.6) is 0 Å². The number of piperidine rings is 1. The SMILES string of the molecule is CCc1ncc(-c2ccc(C3(O)CCN(C(C)=O)CC3)cc2)c2cc(C(N)=O)ccc12. The minimum absolute atomic E-state index is 0.0441. The van der Waals surface area contributed by atoms with Crippen LogP contribution in [0.4, 0.5) is 0 Å². The van der Waals surface area contributed by atoms with Crippen molar-refractivity contribution in [1.82, 2.24) is 9.88 Å². The van der Waals surface area contributed by atoms with Crippen molar-refractivity contribution in [3.05, 3.63) is 65.5 Å². The molecule has 0 atom stereocenters. The molecule has 1 saturated heterocycles. The number of fused-ring (bicyclic) bond motifs is 1. The molecule has 6 nitrogen and oxygen atoms in total. The summed E-state index contributed by atoms with van der Waals surface area (Å²) in [4.78, 5) is 29.7. The lowest BCUT2D eigenvalue weighted by Crippen LogP contribution is -2.44. The van der Waals surface area contributed by atoms with Gasteiger partial charge in [0.05, 0.1) is 5.60 Å². The van der Waals surface area contributed by atoms with Gasteiger partial charge in [0.2, 0.25) is 11.8 Å². The maximum absolute atomic E-state index is 11.7. The van der Waals surface area contributed by atoms with E-state index < -0.39 is 11.5 Å². The number of benzene rings is 2. The molecule has 0 aliphatic carbocycles. The van der Waals surface area contributed by atoms with Crippen LogP contribution in [0.2, 0.25) is 0 Å². The van der Waals surface area contributed by atoms with Gasteiger partial charge in [-0.05, 0) is 47.9 Å². The second-order valence-corrected chi connectivity index (χ2v) is 8.21. The summed E-state index contributed by atoms with van der Waals surface area (Å²) in [5, 5.41) is 13.1. The van der Waals surface area contributed by atoms with Gasteiger partial charge in [0.1, 0.15) is 0 Å². The predicted octanol–water partition coefficient (Wildman–Crippen LogP) is 3.39. The Kier molecular flexibility index (Phi) is 5.50. The Morgan fingerprint density at radius 2 is 1.77 bits per heavy atom. The van der Waals surface area contributed by atoms with Gasteiger partial charge in [-0.2, -0.15) is 0 Å². The number of hydrogen-bond donors (Lipinski definition) is 2. The van der Waals surface area contributed by atoms with E-state index in [1.165, 1.54) is 0 Å². The Morgan fingerprint density at radius 1 is 1.10 bits per heavy atom. The molecule has 0 bridgehead atoms. The van der Waals surface area contributed by atoms with Crippen LogP contribution in [-0.4, -0.2) is 39.9 Å². The van der Waals surface area contributed by atoms with Crippen LogP contribution in [0.1, 0.15) is 48.3 Å². The number of carbonyl (C=O) groups is 2. The second kappa shape index (κ2) is 8.12. The zero-order valence-electron chi connectivity index (χ0n) is 17.9. The summed E-state index contributed by atoms with van der Waals surface area (Å²) < 4.78 is 0. The minimum atomic E-state index is -0.935. The van der Waals surface area contributed by atoms with Gasteiger partial charge in [0.15, 0.2) is 0 Å². The molecule has 3 N–H and O–H groups in total. The van der Waals surface area contributed by atoms with E-state index in [4.69, 9.17) is 5.73 Å². The highest BCUT2D eigenvalue weighted by atomic mass is 16.3. The van der Waals surface area contributed by atoms with E-state index in [0.717, 1.165) is 39.6 Å². The van der Waals surface area contributed by atoms with Gasteiger partial charge in [-0.15, -0.1) is 0 Å².